The van der Waals surface area contributed by atoms with Gasteiger partial charge in [0.2, 0.25) is 5.91 Å². The van der Waals surface area contributed by atoms with Crippen LogP contribution in [0.25, 0.3) is 0 Å². The van der Waals surface area contributed by atoms with Gasteiger partial charge in [0.25, 0.3) is 0 Å². The molecule has 2 rings (SSSR count). The van der Waals surface area contributed by atoms with E-state index in [4.69, 9.17) is 10.5 Å². The second kappa shape index (κ2) is 6.86. The van der Waals surface area contributed by atoms with Gasteiger partial charge in [0.05, 0.1) is 6.61 Å². The van der Waals surface area contributed by atoms with Crippen LogP contribution >= 0.6 is 0 Å². The fourth-order valence-corrected chi connectivity index (χ4v) is 2.97. The molecule has 1 aliphatic heterocycles. The largest absolute Gasteiger partial charge is 0.383 e. The molecule has 0 aromatic heterocycles. The minimum Gasteiger partial charge on any atom is -0.383 e. The fraction of sp³-hybridized carbons (Fsp3) is 0.562. The smallest absolute Gasteiger partial charge is 0.242 e. The van der Waals surface area contributed by atoms with Crippen molar-refractivity contribution in [3.8, 4) is 0 Å². The van der Waals surface area contributed by atoms with Crippen molar-refractivity contribution in [3.63, 3.8) is 0 Å². The van der Waals surface area contributed by atoms with Gasteiger partial charge < -0.3 is 15.4 Å². The molecule has 3 unspecified atom stereocenters. The van der Waals surface area contributed by atoms with E-state index in [9.17, 15) is 4.79 Å². The molecule has 2 N–H and O–H groups in total. The molecule has 0 spiro atoms. The van der Waals surface area contributed by atoms with Gasteiger partial charge >= 0.3 is 0 Å². The summed E-state index contributed by atoms with van der Waals surface area (Å²) >= 11 is 0. The van der Waals surface area contributed by atoms with Gasteiger partial charge in [-0.2, -0.15) is 0 Å². The number of hydrogen-bond donors (Lipinski definition) is 1. The van der Waals surface area contributed by atoms with Gasteiger partial charge in [0.1, 0.15) is 6.04 Å². The number of hydrogen-bond acceptors (Lipinski definition) is 3. The first-order valence-electron chi connectivity index (χ1n) is 7.22. The highest BCUT2D eigenvalue weighted by molar-refractivity contribution is 5.82. The molecule has 1 aliphatic rings. The molecule has 0 bridgehead atoms. The molecular formula is C16H24N2O2. The Kier molecular flexibility index (Phi) is 5.15. The van der Waals surface area contributed by atoms with Crippen LogP contribution in [-0.4, -0.2) is 43.2 Å². The molecule has 1 saturated heterocycles. The number of likely N-dealkylation sites (tertiary alicyclic amines) is 1. The highest BCUT2D eigenvalue weighted by atomic mass is 16.5. The van der Waals surface area contributed by atoms with Crippen LogP contribution in [0.1, 0.15) is 18.9 Å². The third-order valence-electron chi connectivity index (χ3n) is 4.20. The zero-order chi connectivity index (χ0) is 14.5. The summed E-state index contributed by atoms with van der Waals surface area (Å²) in [6.45, 7) is 3.21. The van der Waals surface area contributed by atoms with Crippen molar-refractivity contribution >= 4 is 5.91 Å². The lowest BCUT2D eigenvalue weighted by Crippen LogP contribution is -2.48. The Morgan fingerprint density at radius 3 is 2.80 bits per heavy atom. The highest BCUT2D eigenvalue weighted by Crippen LogP contribution is 2.27. The van der Waals surface area contributed by atoms with Crippen molar-refractivity contribution in [2.45, 2.75) is 31.8 Å². The molecule has 1 fully saturated rings. The van der Waals surface area contributed by atoms with E-state index >= 15 is 0 Å². The van der Waals surface area contributed by atoms with Crippen LogP contribution in [-0.2, 0) is 16.0 Å². The predicted molar refractivity (Wildman–Crippen MR) is 79.3 cm³/mol. The maximum atomic E-state index is 12.3. The molecule has 4 nitrogen and oxygen atoms in total. The normalized spacial score (nSPS) is 23.9. The van der Waals surface area contributed by atoms with Crippen molar-refractivity contribution in [2.75, 3.05) is 20.3 Å². The van der Waals surface area contributed by atoms with Crippen molar-refractivity contribution in [1.82, 2.24) is 4.90 Å². The average molecular weight is 276 g/mol. The van der Waals surface area contributed by atoms with E-state index in [-0.39, 0.29) is 18.6 Å². The minimum atomic E-state index is -0.544. The zero-order valence-electron chi connectivity index (χ0n) is 12.3. The van der Waals surface area contributed by atoms with Crippen molar-refractivity contribution in [1.29, 1.82) is 0 Å². The van der Waals surface area contributed by atoms with Gasteiger partial charge in [-0.05, 0) is 31.2 Å². The monoisotopic (exact) mass is 276 g/mol. The summed E-state index contributed by atoms with van der Waals surface area (Å²) in [5.41, 5.74) is 7.18. The van der Waals surface area contributed by atoms with E-state index in [0.29, 0.717) is 5.92 Å². The van der Waals surface area contributed by atoms with Crippen LogP contribution < -0.4 is 5.73 Å². The number of amides is 1. The maximum Gasteiger partial charge on any atom is 0.242 e. The summed E-state index contributed by atoms with van der Waals surface area (Å²) in [6.07, 6.45) is 2.06. The van der Waals surface area contributed by atoms with Crippen LogP contribution in [0, 0.1) is 5.92 Å². The van der Waals surface area contributed by atoms with E-state index in [1.807, 2.05) is 11.0 Å². The van der Waals surface area contributed by atoms with Crippen LogP contribution in [0.5, 0.6) is 0 Å². The number of benzene rings is 1. The summed E-state index contributed by atoms with van der Waals surface area (Å²) in [5, 5.41) is 0. The molecule has 1 amide bonds. The zero-order valence-corrected chi connectivity index (χ0v) is 12.3. The van der Waals surface area contributed by atoms with Gasteiger partial charge in [0, 0.05) is 19.7 Å². The summed E-state index contributed by atoms with van der Waals surface area (Å²) < 4.78 is 4.97. The summed E-state index contributed by atoms with van der Waals surface area (Å²) in [4.78, 5) is 14.2. The molecule has 1 heterocycles. The molecule has 0 saturated carbocycles. The molecule has 0 aliphatic carbocycles. The fourth-order valence-electron chi connectivity index (χ4n) is 2.97. The second-order valence-corrected chi connectivity index (χ2v) is 5.57. The number of rotatable bonds is 5. The third kappa shape index (κ3) is 3.38. The van der Waals surface area contributed by atoms with E-state index in [2.05, 4.69) is 31.2 Å². The molecule has 20 heavy (non-hydrogen) atoms. The Morgan fingerprint density at radius 2 is 2.15 bits per heavy atom. The third-order valence-corrected chi connectivity index (χ3v) is 4.20. The lowest BCUT2D eigenvalue weighted by Gasteiger charge is -2.27. The van der Waals surface area contributed by atoms with Gasteiger partial charge in [-0.1, -0.05) is 30.3 Å². The Bertz CT molecular complexity index is 435. The number of ether oxygens (including phenoxy) is 1. The Morgan fingerprint density at radius 1 is 1.45 bits per heavy atom. The lowest BCUT2D eigenvalue weighted by molar-refractivity contribution is -0.134. The van der Waals surface area contributed by atoms with Crippen LogP contribution in [0.15, 0.2) is 30.3 Å². The summed E-state index contributed by atoms with van der Waals surface area (Å²) in [7, 11) is 1.57. The molecular weight excluding hydrogens is 252 g/mol. The Hall–Kier alpha value is -1.39. The van der Waals surface area contributed by atoms with Gasteiger partial charge in [-0.3, -0.25) is 4.79 Å². The second-order valence-electron chi connectivity index (χ2n) is 5.57. The standard InChI is InChI=1S/C16H24N2O2/c1-12-14(10-13-6-4-3-5-7-13)8-9-18(12)16(19)15(17)11-20-2/h3-7,12,14-15H,8-11,17H2,1-2H3. The van der Waals surface area contributed by atoms with Crippen molar-refractivity contribution in [2.24, 2.45) is 11.7 Å². The number of methoxy groups -OCH3 is 1. The lowest BCUT2D eigenvalue weighted by atomic mass is 9.93. The number of nitrogens with two attached hydrogens (primary N) is 1. The minimum absolute atomic E-state index is 0.00918. The van der Waals surface area contributed by atoms with E-state index in [0.717, 1.165) is 19.4 Å². The van der Waals surface area contributed by atoms with Gasteiger partial charge in [-0.25, -0.2) is 0 Å². The molecule has 110 valence electrons. The van der Waals surface area contributed by atoms with Crippen molar-refractivity contribution < 1.29 is 9.53 Å². The molecule has 4 heteroatoms. The first kappa shape index (κ1) is 15.0. The number of nitrogens with zero attached hydrogens (tertiary/aromatic N) is 1. The molecule has 3 atom stereocenters. The first-order valence-corrected chi connectivity index (χ1v) is 7.22. The van der Waals surface area contributed by atoms with Crippen LogP contribution in [0.2, 0.25) is 0 Å². The summed E-state index contributed by atoms with van der Waals surface area (Å²) in [5.74, 6) is 0.519. The predicted octanol–water partition coefficient (Wildman–Crippen LogP) is 1.44. The average Bonchev–Trinajstić information content (AvgIpc) is 2.81. The Labute approximate surface area is 120 Å². The maximum absolute atomic E-state index is 12.3. The molecule has 1 aromatic rings. The highest BCUT2D eigenvalue weighted by Gasteiger charge is 2.35. The molecule has 1 aromatic carbocycles. The SMILES string of the molecule is COCC(N)C(=O)N1CCC(Cc2ccccc2)C1C. The van der Waals surface area contributed by atoms with Crippen LogP contribution in [0.4, 0.5) is 0 Å². The number of carbonyl (C=O) groups excluding carboxylic acids is 1. The molecule has 0 radical (unpaired) electrons. The number of carbonyl (C=O) groups is 1. The van der Waals surface area contributed by atoms with E-state index < -0.39 is 6.04 Å². The quantitative estimate of drug-likeness (QED) is 0.885. The van der Waals surface area contributed by atoms with E-state index in [1.165, 1.54) is 5.56 Å². The van der Waals surface area contributed by atoms with Gasteiger partial charge in [0.15, 0.2) is 0 Å². The Balaban J connectivity index is 1.95. The van der Waals surface area contributed by atoms with E-state index in [1.54, 1.807) is 7.11 Å². The topological polar surface area (TPSA) is 55.6 Å². The van der Waals surface area contributed by atoms with Crippen LogP contribution in [0.3, 0.4) is 0 Å². The summed E-state index contributed by atoms with van der Waals surface area (Å²) in [6, 6.07) is 10.1. The van der Waals surface area contributed by atoms with Gasteiger partial charge in [-0.15, -0.1) is 0 Å². The first-order chi connectivity index (χ1) is 9.63. The van der Waals surface area contributed by atoms with Crippen molar-refractivity contribution in [3.05, 3.63) is 35.9 Å².